The number of aromatic amines is 1. The van der Waals surface area contributed by atoms with Gasteiger partial charge in [-0.2, -0.15) is 0 Å². The van der Waals surface area contributed by atoms with E-state index < -0.39 is 10.0 Å². The molecule has 0 aliphatic rings. The second-order valence-corrected chi connectivity index (χ2v) is 7.01. The van der Waals surface area contributed by atoms with Crippen molar-refractivity contribution >= 4 is 10.0 Å². The van der Waals surface area contributed by atoms with Crippen LogP contribution in [0.1, 0.15) is 39.8 Å². The van der Waals surface area contributed by atoms with Crippen LogP contribution in [0.5, 0.6) is 0 Å². The van der Waals surface area contributed by atoms with E-state index in [2.05, 4.69) is 28.9 Å². The molecule has 0 amide bonds. The summed E-state index contributed by atoms with van der Waals surface area (Å²) >= 11 is 0. The molecule has 0 aliphatic heterocycles. The van der Waals surface area contributed by atoms with Gasteiger partial charge in [0.05, 0.1) is 4.90 Å². The van der Waals surface area contributed by atoms with Crippen LogP contribution < -0.4 is 10.0 Å². The van der Waals surface area contributed by atoms with Gasteiger partial charge in [-0.1, -0.05) is 20.8 Å². The average Bonchev–Trinajstić information content (AvgIpc) is 2.73. The first-order chi connectivity index (χ1) is 8.85. The van der Waals surface area contributed by atoms with Gasteiger partial charge in [-0.05, 0) is 31.9 Å². The molecule has 1 heterocycles. The van der Waals surface area contributed by atoms with Crippen molar-refractivity contribution in [2.75, 3.05) is 6.54 Å². The highest BCUT2D eigenvalue weighted by molar-refractivity contribution is 7.89. The molecule has 1 rings (SSSR count). The zero-order valence-corrected chi connectivity index (χ0v) is 13.0. The molecule has 1 unspecified atom stereocenters. The van der Waals surface area contributed by atoms with Crippen LogP contribution in [-0.2, 0) is 16.6 Å². The second-order valence-electron chi connectivity index (χ2n) is 5.29. The van der Waals surface area contributed by atoms with E-state index in [9.17, 15) is 8.42 Å². The van der Waals surface area contributed by atoms with Gasteiger partial charge in [-0.3, -0.25) is 0 Å². The first-order valence-corrected chi connectivity index (χ1v) is 8.23. The first kappa shape index (κ1) is 16.2. The number of aromatic nitrogens is 1. The summed E-state index contributed by atoms with van der Waals surface area (Å²) < 4.78 is 27.0. The summed E-state index contributed by atoms with van der Waals surface area (Å²) in [7, 11) is -3.42. The maximum atomic E-state index is 12.2. The third-order valence-electron chi connectivity index (χ3n) is 2.77. The molecule has 1 atom stereocenters. The van der Waals surface area contributed by atoms with E-state index in [1.165, 1.54) is 6.20 Å². The molecule has 5 nitrogen and oxygen atoms in total. The molecule has 0 spiro atoms. The summed E-state index contributed by atoms with van der Waals surface area (Å²) in [5.74, 6) is 0.466. The number of sulfonamides is 1. The van der Waals surface area contributed by atoms with Crippen LogP contribution in [0.4, 0.5) is 0 Å². The molecule has 110 valence electrons. The van der Waals surface area contributed by atoms with E-state index in [-0.39, 0.29) is 6.04 Å². The third-order valence-corrected chi connectivity index (χ3v) is 4.34. The fourth-order valence-corrected chi connectivity index (χ4v) is 3.30. The first-order valence-electron chi connectivity index (χ1n) is 6.75. The molecule has 0 radical (unpaired) electrons. The van der Waals surface area contributed by atoms with Crippen molar-refractivity contribution in [1.82, 2.24) is 15.0 Å². The molecule has 0 bridgehead atoms. The third kappa shape index (κ3) is 5.34. The van der Waals surface area contributed by atoms with Crippen molar-refractivity contribution in [2.45, 2.75) is 51.6 Å². The highest BCUT2D eigenvalue weighted by Gasteiger charge is 2.19. The van der Waals surface area contributed by atoms with Crippen molar-refractivity contribution < 1.29 is 8.42 Å². The quantitative estimate of drug-likeness (QED) is 0.683. The maximum Gasteiger partial charge on any atom is 0.242 e. The van der Waals surface area contributed by atoms with Gasteiger partial charge in [0.15, 0.2) is 0 Å². The summed E-state index contributed by atoms with van der Waals surface area (Å²) in [5.41, 5.74) is 0.874. The number of hydrogen-bond acceptors (Lipinski definition) is 3. The van der Waals surface area contributed by atoms with Crippen LogP contribution in [0.2, 0.25) is 0 Å². The van der Waals surface area contributed by atoms with E-state index in [1.54, 1.807) is 6.07 Å². The van der Waals surface area contributed by atoms with E-state index in [0.717, 1.165) is 18.7 Å². The minimum atomic E-state index is -3.42. The van der Waals surface area contributed by atoms with Crippen LogP contribution in [0.15, 0.2) is 17.2 Å². The van der Waals surface area contributed by atoms with E-state index in [0.29, 0.717) is 17.4 Å². The Morgan fingerprint density at radius 1 is 1.32 bits per heavy atom. The molecule has 0 saturated carbocycles. The van der Waals surface area contributed by atoms with Crippen molar-refractivity contribution in [3.8, 4) is 0 Å². The smallest absolute Gasteiger partial charge is 0.242 e. The van der Waals surface area contributed by atoms with Crippen LogP contribution >= 0.6 is 0 Å². The van der Waals surface area contributed by atoms with E-state index >= 15 is 0 Å². The van der Waals surface area contributed by atoms with Gasteiger partial charge in [0.2, 0.25) is 10.0 Å². The lowest BCUT2D eigenvalue weighted by Gasteiger charge is -2.15. The lowest BCUT2D eigenvalue weighted by molar-refractivity contribution is 0.482. The minimum Gasteiger partial charge on any atom is -0.363 e. The Morgan fingerprint density at radius 2 is 2.00 bits per heavy atom. The lowest BCUT2D eigenvalue weighted by Crippen LogP contribution is -2.33. The van der Waals surface area contributed by atoms with Gasteiger partial charge in [0, 0.05) is 24.5 Å². The molecule has 1 aromatic heterocycles. The van der Waals surface area contributed by atoms with E-state index in [4.69, 9.17) is 0 Å². The van der Waals surface area contributed by atoms with Crippen molar-refractivity contribution in [3.63, 3.8) is 0 Å². The normalized spacial score (nSPS) is 13.9. The molecule has 19 heavy (non-hydrogen) atoms. The second kappa shape index (κ2) is 7.07. The number of rotatable bonds is 8. The van der Waals surface area contributed by atoms with Crippen LogP contribution in [0.25, 0.3) is 0 Å². The maximum absolute atomic E-state index is 12.2. The summed E-state index contributed by atoms with van der Waals surface area (Å²) in [6.45, 7) is 9.56. The molecule has 0 aromatic carbocycles. The summed E-state index contributed by atoms with van der Waals surface area (Å²) in [4.78, 5) is 3.28. The van der Waals surface area contributed by atoms with Gasteiger partial charge in [-0.15, -0.1) is 0 Å². The summed E-state index contributed by atoms with van der Waals surface area (Å²) in [5, 5.41) is 3.15. The Labute approximate surface area is 116 Å². The SMILES string of the molecule is CCNCc1cc(S(=O)(=O)NC(C)CC(C)C)c[nH]1. The molecule has 3 N–H and O–H groups in total. The molecule has 0 saturated heterocycles. The molecule has 1 aromatic rings. The van der Waals surface area contributed by atoms with Gasteiger partial charge in [0.25, 0.3) is 0 Å². The molecular weight excluding hydrogens is 262 g/mol. The summed E-state index contributed by atoms with van der Waals surface area (Å²) in [6.07, 6.45) is 2.37. The lowest BCUT2D eigenvalue weighted by atomic mass is 10.1. The Balaban J connectivity index is 2.69. The Bertz CT molecular complexity index is 480. The van der Waals surface area contributed by atoms with Crippen LogP contribution in [0, 0.1) is 5.92 Å². The Kier molecular flexibility index (Phi) is 6.03. The fourth-order valence-electron chi connectivity index (χ4n) is 2.02. The topological polar surface area (TPSA) is 74.0 Å². The highest BCUT2D eigenvalue weighted by atomic mass is 32.2. The fraction of sp³-hybridized carbons (Fsp3) is 0.692. The number of hydrogen-bond donors (Lipinski definition) is 3. The highest BCUT2D eigenvalue weighted by Crippen LogP contribution is 2.13. The predicted octanol–water partition coefficient (Wildman–Crippen LogP) is 1.84. The molecular formula is C13H25N3O2S. The minimum absolute atomic E-state index is 0.0582. The van der Waals surface area contributed by atoms with Gasteiger partial charge >= 0.3 is 0 Å². The van der Waals surface area contributed by atoms with Crippen molar-refractivity contribution in [1.29, 1.82) is 0 Å². The van der Waals surface area contributed by atoms with Crippen molar-refractivity contribution in [3.05, 3.63) is 18.0 Å². The van der Waals surface area contributed by atoms with Gasteiger partial charge in [-0.25, -0.2) is 13.1 Å². The van der Waals surface area contributed by atoms with Crippen LogP contribution in [0.3, 0.4) is 0 Å². The van der Waals surface area contributed by atoms with Gasteiger partial charge < -0.3 is 10.3 Å². The molecule has 6 heteroatoms. The predicted molar refractivity (Wildman–Crippen MR) is 77.4 cm³/mol. The van der Waals surface area contributed by atoms with Gasteiger partial charge in [0.1, 0.15) is 0 Å². The van der Waals surface area contributed by atoms with Crippen molar-refractivity contribution in [2.24, 2.45) is 5.92 Å². The summed E-state index contributed by atoms with van der Waals surface area (Å²) in [6, 6.07) is 1.62. The Hall–Kier alpha value is -0.850. The Morgan fingerprint density at radius 3 is 2.58 bits per heavy atom. The molecule has 0 fully saturated rings. The zero-order chi connectivity index (χ0) is 14.5. The largest absolute Gasteiger partial charge is 0.363 e. The number of nitrogens with one attached hydrogen (secondary N) is 3. The average molecular weight is 287 g/mol. The zero-order valence-electron chi connectivity index (χ0n) is 12.2. The van der Waals surface area contributed by atoms with Crippen LogP contribution in [-0.4, -0.2) is 26.0 Å². The van der Waals surface area contributed by atoms with E-state index in [1.807, 2.05) is 13.8 Å². The standard InChI is InChI=1S/C13H25N3O2S/c1-5-14-8-12-7-13(9-15-12)19(17,18)16-11(4)6-10(2)3/h7,9-11,14-16H,5-6,8H2,1-4H3. The monoisotopic (exact) mass is 287 g/mol. The molecule has 0 aliphatic carbocycles. The number of H-pyrrole nitrogens is 1.